The quantitative estimate of drug-likeness (QED) is 0.227. The van der Waals surface area contributed by atoms with Crippen LogP contribution >= 0.6 is 11.6 Å². The first kappa shape index (κ1) is 25.7. The lowest BCUT2D eigenvalue weighted by molar-refractivity contribution is 0.403. The first-order valence-corrected chi connectivity index (χ1v) is 14.4. The maximum atomic E-state index is 6.25. The zero-order valence-corrected chi connectivity index (χ0v) is 21.6. The molecule has 2 aromatic rings. The average Bonchev–Trinajstić information content (AvgIpc) is 3.16. The summed E-state index contributed by atoms with van der Waals surface area (Å²) in [6, 6.07) is 6.30. The minimum atomic E-state index is 0.860. The number of halogens is 1. The van der Waals surface area contributed by atoms with E-state index < -0.39 is 0 Å². The number of aromatic amines is 1. The van der Waals surface area contributed by atoms with Gasteiger partial charge in [0, 0.05) is 21.6 Å². The Hall–Kier alpha value is -0.950. The molecular formula is C30H48ClN. The van der Waals surface area contributed by atoms with Crippen molar-refractivity contribution in [2.24, 2.45) is 5.92 Å². The zero-order valence-electron chi connectivity index (χ0n) is 20.8. The molecule has 1 aliphatic rings. The number of benzene rings is 1. The van der Waals surface area contributed by atoms with Crippen LogP contribution in [0.1, 0.15) is 134 Å². The molecule has 0 bridgehead atoms. The Morgan fingerprint density at radius 3 is 1.94 bits per heavy atom. The van der Waals surface area contributed by atoms with Crippen LogP contribution in [0.15, 0.2) is 18.2 Å². The second-order valence-electron chi connectivity index (χ2n) is 10.5. The number of rotatable bonds is 17. The molecule has 0 radical (unpaired) electrons. The molecule has 0 fully saturated rings. The van der Waals surface area contributed by atoms with E-state index in [1.807, 2.05) is 6.07 Å². The summed E-state index contributed by atoms with van der Waals surface area (Å²) in [7, 11) is 0. The van der Waals surface area contributed by atoms with E-state index in [0.29, 0.717) is 0 Å². The van der Waals surface area contributed by atoms with Crippen LogP contribution in [0.2, 0.25) is 5.02 Å². The summed E-state index contributed by atoms with van der Waals surface area (Å²) in [5.74, 6) is 0.868. The number of H-pyrrole nitrogens is 1. The van der Waals surface area contributed by atoms with Crippen molar-refractivity contribution in [2.45, 2.75) is 135 Å². The Morgan fingerprint density at radius 2 is 1.34 bits per heavy atom. The highest BCUT2D eigenvalue weighted by Crippen LogP contribution is 2.35. The number of hydrogen-bond acceptors (Lipinski definition) is 0. The molecule has 1 N–H and O–H groups in total. The second kappa shape index (κ2) is 15.0. The molecule has 1 aromatic heterocycles. The highest BCUT2D eigenvalue weighted by molar-refractivity contribution is 6.31. The molecule has 1 aromatic carbocycles. The van der Waals surface area contributed by atoms with Gasteiger partial charge < -0.3 is 4.98 Å². The summed E-state index contributed by atoms with van der Waals surface area (Å²) in [4.78, 5) is 3.63. The molecular weight excluding hydrogens is 410 g/mol. The van der Waals surface area contributed by atoms with Crippen LogP contribution < -0.4 is 0 Å². The van der Waals surface area contributed by atoms with E-state index >= 15 is 0 Å². The third kappa shape index (κ3) is 8.77. The smallest absolute Gasteiger partial charge is 0.0460 e. The van der Waals surface area contributed by atoms with Crippen LogP contribution in [-0.4, -0.2) is 4.98 Å². The highest BCUT2D eigenvalue weighted by Gasteiger charge is 2.22. The predicted molar refractivity (Wildman–Crippen MR) is 143 cm³/mol. The SMILES string of the molecule is CCCCCCCCCCCCCCCCCCC1CCc2[nH]c3ccc(Cl)cc3c2C1. The molecule has 3 rings (SSSR count). The molecule has 0 aliphatic heterocycles. The standard InChI is InChI=1S/C30H48ClN/c1-2-3-4-5-6-7-8-9-10-11-12-13-14-15-16-17-18-25-19-21-29-27(23-25)28-24-26(31)20-22-30(28)32-29/h20,22,24-25,32H,2-19,21,23H2,1H3. The van der Waals surface area contributed by atoms with E-state index in [1.54, 1.807) is 5.56 Å². The summed E-state index contributed by atoms with van der Waals surface area (Å²) >= 11 is 6.25. The summed E-state index contributed by atoms with van der Waals surface area (Å²) in [6.07, 6.45) is 28.4. The van der Waals surface area contributed by atoms with Gasteiger partial charge in [0.2, 0.25) is 0 Å². The number of fused-ring (bicyclic) bond motifs is 3. The Bertz CT molecular complexity index is 762. The van der Waals surface area contributed by atoms with Gasteiger partial charge in [-0.25, -0.2) is 0 Å². The van der Waals surface area contributed by atoms with Crippen molar-refractivity contribution in [1.29, 1.82) is 0 Å². The summed E-state index contributed by atoms with van der Waals surface area (Å²) in [5.41, 5.74) is 4.28. The third-order valence-corrected chi connectivity index (χ3v) is 7.95. The topological polar surface area (TPSA) is 15.8 Å². The Morgan fingerprint density at radius 1 is 0.781 bits per heavy atom. The molecule has 2 heteroatoms. The zero-order chi connectivity index (χ0) is 22.4. The Balaban J connectivity index is 1.15. The number of aromatic nitrogens is 1. The molecule has 0 saturated carbocycles. The maximum Gasteiger partial charge on any atom is 0.0460 e. The van der Waals surface area contributed by atoms with Crippen molar-refractivity contribution >= 4 is 22.5 Å². The minimum Gasteiger partial charge on any atom is -0.358 e. The normalized spacial score (nSPS) is 16.0. The van der Waals surface area contributed by atoms with Gasteiger partial charge in [0.15, 0.2) is 0 Å². The van der Waals surface area contributed by atoms with E-state index in [4.69, 9.17) is 11.6 Å². The van der Waals surface area contributed by atoms with E-state index in [1.165, 1.54) is 145 Å². The lowest BCUT2D eigenvalue weighted by Crippen LogP contribution is -2.13. The fraction of sp³-hybridized carbons (Fsp3) is 0.733. The lowest BCUT2D eigenvalue weighted by atomic mass is 9.83. The molecule has 0 saturated heterocycles. The fourth-order valence-electron chi connectivity index (χ4n) is 5.69. The minimum absolute atomic E-state index is 0.860. The summed E-state index contributed by atoms with van der Waals surface area (Å²) < 4.78 is 0. The van der Waals surface area contributed by atoms with E-state index in [9.17, 15) is 0 Å². The second-order valence-corrected chi connectivity index (χ2v) is 10.9. The van der Waals surface area contributed by atoms with Crippen molar-refractivity contribution in [2.75, 3.05) is 0 Å². The van der Waals surface area contributed by atoms with Crippen LogP contribution in [0.5, 0.6) is 0 Å². The lowest BCUT2D eigenvalue weighted by Gasteiger charge is -2.22. The summed E-state index contributed by atoms with van der Waals surface area (Å²) in [5, 5.41) is 2.23. The van der Waals surface area contributed by atoms with Gasteiger partial charge in [0.05, 0.1) is 0 Å². The first-order chi connectivity index (χ1) is 15.8. The van der Waals surface area contributed by atoms with Crippen molar-refractivity contribution in [3.05, 3.63) is 34.5 Å². The number of aryl methyl sites for hydroxylation is 1. The molecule has 1 nitrogen and oxygen atoms in total. The van der Waals surface area contributed by atoms with Crippen LogP contribution in [0.3, 0.4) is 0 Å². The average molecular weight is 458 g/mol. The number of hydrogen-bond donors (Lipinski definition) is 1. The molecule has 32 heavy (non-hydrogen) atoms. The highest BCUT2D eigenvalue weighted by atomic mass is 35.5. The van der Waals surface area contributed by atoms with Gasteiger partial charge in [0.1, 0.15) is 0 Å². The first-order valence-electron chi connectivity index (χ1n) is 14.1. The predicted octanol–water partition coefficient (Wildman–Crippen LogP) is 10.6. The van der Waals surface area contributed by atoms with Crippen LogP contribution in [0, 0.1) is 5.92 Å². The largest absolute Gasteiger partial charge is 0.358 e. The van der Waals surface area contributed by atoms with Crippen molar-refractivity contribution < 1.29 is 0 Å². The van der Waals surface area contributed by atoms with E-state index in [-0.39, 0.29) is 0 Å². The number of unbranched alkanes of at least 4 members (excludes halogenated alkanes) is 15. The van der Waals surface area contributed by atoms with Gasteiger partial charge in [-0.2, -0.15) is 0 Å². The Labute approximate surface area is 203 Å². The van der Waals surface area contributed by atoms with Gasteiger partial charge in [0.25, 0.3) is 0 Å². The monoisotopic (exact) mass is 457 g/mol. The summed E-state index contributed by atoms with van der Waals surface area (Å²) in [6.45, 7) is 2.30. The molecule has 180 valence electrons. The maximum absolute atomic E-state index is 6.25. The third-order valence-electron chi connectivity index (χ3n) is 7.72. The van der Waals surface area contributed by atoms with Gasteiger partial charge in [-0.1, -0.05) is 128 Å². The molecule has 1 atom stereocenters. The number of nitrogens with one attached hydrogen (secondary N) is 1. The van der Waals surface area contributed by atoms with E-state index in [2.05, 4.69) is 24.0 Å². The van der Waals surface area contributed by atoms with E-state index in [0.717, 1.165) is 10.9 Å². The van der Waals surface area contributed by atoms with Gasteiger partial charge >= 0.3 is 0 Å². The molecule has 1 unspecified atom stereocenters. The van der Waals surface area contributed by atoms with Gasteiger partial charge in [-0.15, -0.1) is 0 Å². The molecule has 0 amide bonds. The van der Waals surface area contributed by atoms with Crippen LogP contribution in [-0.2, 0) is 12.8 Å². The molecule has 1 aliphatic carbocycles. The van der Waals surface area contributed by atoms with Gasteiger partial charge in [-0.05, 0) is 48.9 Å². The van der Waals surface area contributed by atoms with Crippen molar-refractivity contribution in [1.82, 2.24) is 4.98 Å². The van der Waals surface area contributed by atoms with Crippen LogP contribution in [0.4, 0.5) is 0 Å². The molecule has 0 spiro atoms. The fourth-order valence-corrected chi connectivity index (χ4v) is 5.86. The van der Waals surface area contributed by atoms with Crippen molar-refractivity contribution in [3.8, 4) is 0 Å². The van der Waals surface area contributed by atoms with Gasteiger partial charge in [-0.3, -0.25) is 0 Å². The molecule has 1 heterocycles. The Kier molecular flexibility index (Phi) is 12.1. The van der Waals surface area contributed by atoms with Crippen molar-refractivity contribution in [3.63, 3.8) is 0 Å². The van der Waals surface area contributed by atoms with Crippen LogP contribution in [0.25, 0.3) is 10.9 Å².